The van der Waals surface area contributed by atoms with Crippen molar-refractivity contribution >= 4 is 27.5 Å². The van der Waals surface area contributed by atoms with E-state index in [4.69, 9.17) is 0 Å². The highest BCUT2D eigenvalue weighted by Gasteiger charge is 2.14. The Morgan fingerprint density at radius 2 is 1.95 bits per heavy atom. The summed E-state index contributed by atoms with van der Waals surface area (Å²) < 4.78 is 14.4. The van der Waals surface area contributed by atoms with Crippen molar-refractivity contribution in [3.63, 3.8) is 0 Å². The first-order chi connectivity index (χ1) is 8.99. The van der Waals surface area contributed by atoms with Gasteiger partial charge in [-0.1, -0.05) is 15.9 Å². The van der Waals surface area contributed by atoms with Crippen LogP contribution in [0.5, 0.6) is 0 Å². The Labute approximate surface area is 119 Å². The lowest BCUT2D eigenvalue weighted by atomic mass is 10.1. The Morgan fingerprint density at radius 1 is 1.32 bits per heavy atom. The fourth-order valence-corrected chi connectivity index (χ4v) is 2.53. The van der Waals surface area contributed by atoms with Crippen molar-refractivity contribution < 1.29 is 9.18 Å². The topological polar surface area (TPSA) is 42.0 Å². The standard InChI is InChI=1S/C14H12BrFN2O/c1-8-6-10(15)7-9(2)12(8)18-14(19)11-4-3-5-17-13(11)16/h3-7H,1-2H3,(H,18,19). The normalized spacial score (nSPS) is 10.3. The monoisotopic (exact) mass is 322 g/mol. The van der Waals surface area contributed by atoms with Crippen molar-refractivity contribution in [3.05, 3.63) is 57.6 Å². The number of aryl methyl sites for hydroxylation is 2. The minimum Gasteiger partial charge on any atom is -0.321 e. The van der Waals surface area contributed by atoms with Crippen LogP contribution in [0.4, 0.5) is 10.1 Å². The van der Waals surface area contributed by atoms with Crippen LogP contribution in [0.15, 0.2) is 34.9 Å². The summed E-state index contributed by atoms with van der Waals surface area (Å²) in [6.45, 7) is 3.76. The molecule has 1 aromatic carbocycles. The van der Waals surface area contributed by atoms with Crippen molar-refractivity contribution in [2.45, 2.75) is 13.8 Å². The molecule has 2 aromatic rings. The number of aromatic nitrogens is 1. The maximum Gasteiger partial charge on any atom is 0.260 e. The molecule has 0 aliphatic carbocycles. The fraction of sp³-hybridized carbons (Fsp3) is 0.143. The molecule has 0 unspecified atom stereocenters. The number of nitrogens with zero attached hydrogens (tertiary/aromatic N) is 1. The first-order valence-corrected chi connectivity index (χ1v) is 6.47. The summed E-state index contributed by atoms with van der Waals surface area (Å²) in [6, 6.07) is 6.71. The van der Waals surface area contributed by atoms with Gasteiger partial charge in [0.15, 0.2) is 0 Å². The maximum absolute atomic E-state index is 13.4. The molecule has 5 heteroatoms. The van der Waals surface area contributed by atoms with Gasteiger partial charge in [0.25, 0.3) is 5.91 Å². The van der Waals surface area contributed by atoms with Crippen LogP contribution in [0, 0.1) is 19.8 Å². The zero-order valence-electron chi connectivity index (χ0n) is 10.5. The Hall–Kier alpha value is -1.75. The first-order valence-electron chi connectivity index (χ1n) is 5.67. The number of carbonyl (C=O) groups is 1. The van der Waals surface area contributed by atoms with E-state index in [1.807, 2.05) is 26.0 Å². The van der Waals surface area contributed by atoms with E-state index in [-0.39, 0.29) is 5.56 Å². The van der Waals surface area contributed by atoms with Gasteiger partial charge in [0.1, 0.15) is 0 Å². The van der Waals surface area contributed by atoms with Gasteiger partial charge < -0.3 is 5.32 Å². The molecule has 0 radical (unpaired) electrons. The molecule has 0 saturated carbocycles. The molecule has 0 fully saturated rings. The van der Waals surface area contributed by atoms with Crippen molar-refractivity contribution in [2.75, 3.05) is 5.32 Å². The van der Waals surface area contributed by atoms with Crippen LogP contribution in [-0.2, 0) is 0 Å². The highest BCUT2D eigenvalue weighted by atomic mass is 79.9. The molecule has 1 heterocycles. The van der Waals surface area contributed by atoms with Gasteiger partial charge in [-0.15, -0.1) is 0 Å². The highest BCUT2D eigenvalue weighted by Crippen LogP contribution is 2.25. The number of hydrogen-bond donors (Lipinski definition) is 1. The van der Waals surface area contributed by atoms with Crippen LogP contribution < -0.4 is 5.32 Å². The van der Waals surface area contributed by atoms with E-state index in [9.17, 15) is 9.18 Å². The third-order valence-electron chi connectivity index (χ3n) is 2.74. The number of pyridine rings is 1. The molecule has 98 valence electrons. The van der Waals surface area contributed by atoms with Crippen molar-refractivity contribution in [1.82, 2.24) is 4.98 Å². The minimum atomic E-state index is -0.771. The second-order valence-corrected chi connectivity index (χ2v) is 5.13. The van der Waals surface area contributed by atoms with E-state index in [1.165, 1.54) is 18.3 Å². The number of amides is 1. The van der Waals surface area contributed by atoms with Gasteiger partial charge in [0, 0.05) is 16.4 Å². The molecule has 19 heavy (non-hydrogen) atoms. The molecule has 3 nitrogen and oxygen atoms in total. The smallest absolute Gasteiger partial charge is 0.260 e. The van der Waals surface area contributed by atoms with Gasteiger partial charge >= 0.3 is 0 Å². The van der Waals surface area contributed by atoms with E-state index in [0.29, 0.717) is 5.69 Å². The van der Waals surface area contributed by atoms with Crippen molar-refractivity contribution in [3.8, 4) is 0 Å². The van der Waals surface area contributed by atoms with Gasteiger partial charge in [0.2, 0.25) is 5.95 Å². The van der Waals surface area contributed by atoms with Crippen LogP contribution in [0.1, 0.15) is 21.5 Å². The predicted molar refractivity (Wildman–Crippen MR) is 75.8 cm³/mol. The van der Waals surface area contributed by atoms with E-state index in [1.54, 1.807) is 0 Å². The summed E-state index contributed by atoms with van der Waals surface area (Å²) in [6.07, 6.45) is 1.31. The zero-order valence-corrected chi connectivity index (χ0v) is 12.1. The SMILES string of the molecule is Cc1cc(Br)cc(C)c1NC(=O)c1cccnc1F. The molecular weight excluding hydrogens is 311 g/mol. The Balaban J connectivity index is 2.32. The van der Waals surface area contributed by atoms with Gasteiger partial charge in [-0.3, -0.25) is 4.79 Å². The number of halogens is 2. The van der Waals surface area contributed by atoms with Gasteiger partial charge in [-0.2, -0.15) is 4.39 Å². The molecule has 0 atom stereocenters. The quantitative estimate of drug-likeness (QED) is 0.853. The third-order valence-corrected chi connectivity index (χ3v) is 3.20. The third kappa shape index (κ3) is 2.98. The number of hydrogen-bond acceptors (Lipinski definition) is 2. The number of nitrogens with one attached hydrogen (secondary N) is 1. The number of rotatable bonds is 2. The zero-order chi connectivity index (χ0) is 14.0. The Kier molecular flexibility index (Phi) is 3.95. The number of carbonyl (C=O) groups excluding carboxylic acids is 1. The maximum atomic E-state index is 13.4. The summed E-state index contributed by atoms with van der Waals surface area (Å²) in [7, 11) is 0. The number of anilines is 1. The van der Waals surface area contributed by atoms with Crippen LogP contribution in [-0.4, -0.2) is 10.9 Å². The van der Waals surface area contributed by atoms with Gasteiger partial charge in [-0.25, -0.2) is 4.98 Å². The molecule has 0 bridgehead atoms. The van der Waals surface area contributed by atoms with Gasteiger partial charge in [-0.05, 0) is 49.2 Å². The van der Waals surface area contributed by atoms with Gasteiger partial charge in [0.05, 0.1) is 5.56 Å². The summed E-state index contributed by atoms with van der Waals surface area (Å²) >= 11 is 3.39. The van der Waals surface area contributed by atoms with E-state index in [0.717, 1.165) is 15.6 Å². The van der Waals surface area contributed by atoms with Crippen LogP contribution >= 0.6 is 15.9 Å². The van der Waals surface area contributed by atoms with Crippen LogP contribution in [0.3, 0.4) is 0 Å². The second-order valence-electron chi connectivity index (χ2n) is 4.21. The molecule has 1 aromatic heterocycles. The lowest BCUT2D eigenvalue weighted by Gasteiger charge is -2.12. The first kappa shape index (κ1) is 13.7. The fourth-order valence-electron chi connectivity index (χ4n) is 1.84. The molecule has 1 amide bonds. The van der Waals surface area contributed by atoms with E-state index >= 15 is 0 Å². The highest BCUT2D eigenvalue weighted by molar-refractivity contribution is 9.10. The average Bonchev–Trinajstić information content (AvgIpc) is 2.34. The Morgan fingerprint density at radius 3 is 2.53 bits per heavy atom. The summed E-state index contributed by atoms with van der Waals surface area (Å²) in [4.78, 5) is 15.5. The molecular formula is C14H12BrFN2O. The van der Waals surface area contributed by atoms with E-state index < -0.39 is 11.9 Å². The largest absolute Gasteiger partial charge is 0.321 e. The number of benzene rings is 1. The summed E-state index contributed by atoms with van der Waals surface area (Å²) in [5.41, 5.74) is 2.44. The molecule has 0 spiro atoms. The minimum absolute atomic E-state index is 0.0655. The molecule has 0 aliphatic rings. The predicted octanol–water partition coefficient (Wildman–Crippen LogP) is 3.85. The molecule has 0 saturated heterocycles. The molecule has 0 aliphatic heterocycles. The second kappa shape index (κ2) is 5.48. The lowest BCUT2D eigenvalue weighted by molar-refractivity contribution is 0.102. The summed E-state index contributed by atoms with van der Waals surface area (Å²) in [5.74, 6) is -1.27. The van der Waals surface area contributed by atoms with Crippen LogP contribution in [0.25, 0.3) is 0 Å². The Bertz CT molecular complexity index is 620. The average molecular weight is 323 g/mol. The lowest BCUT2D eigenvalue weighted by Crippen LogP contribution is -2.16. The molecule has 1 N–H and O–H groups in total. The summed E-state index contributed by atoms with van der Waals surface area (Å²) in [5, 5.41) is 2.72. The van der Waals surface area contributed by atoms with E-state index in [2.05, 4.69) is 26.2 Å². The van der Waals surface area contributed by atoms with Crippen molar-refractivity contribution in [1.29, 1.82) is 0 Å². The molecule has 2 rings (SSSR count). The van der Waals surface area contributed by atoms with Crippen molar-refractivity contribution in [2.24, 2.45) is 0 Å². The van der Waals surface area contributed by atoms with Crippen LogP contribution in [0.2, 0.25) is 0 Å².